The van der Waals surface area contributed by atoms with E-state index in [2.05, 4.69) is 30.9 Å². The van der Waals surface area contributed by atoms with Crippen LogP contribution in [0.5, 0.6) is 0 Å². The Kier molecular flexibility index (Phi) is 3.28. The van der Waals surface area contributed by atoms with Crippen molar-refractivity contribution in [1.29, 1.82) is 0 Å². The molecule has 0 amide bonds. The molecule has 2 rings (SSSR count). The average molecular weight is 285 g/mol. The van der Waals surface area contributed by atoms with Crippen molar-refractivity contribution in [3.05, 3.63) is 40.8 Å². The van der Waals surface area contributed by atoms with Gasteiger partial charge in [-0.25, -0.2) is 9.97 Å². The lowest BCUT2D eigenvalue weighted by Crippen LogP contribution is -1.94. The summed E-state index contributed by atoms with van der Waals surface area (Å²) in [5.41, 5.74) is 1.54. The molecular weight excluding hydrogens is 277 g/mol. The third-order valence-corrected chi connectivity index (χ3v) is 2.55. The molecular formula is C10H7BrClN3. The number of hydrogen-bond donors (Lipinski definition) is 0. The number of rotatable bonds is 2. The van der Waals surface area contributed by atoms with Gasteiger partial charge in [0.25, 0.3) is 0 Å². The van der Waals surface area contributed by atoms with Crippen LogP contribution in [0, 0.1) is 0 Å². The van der Waals surface area contributed by atoms with Gasteiger partial charge in [0.15, 0.2) is 5.82 Å². The van der Waals surface area contributed by atoms with Crippen LogP contribution in [0.25, 0.3) is 11.5 Å². The minimum Gasteiger partial charge on any atom is -0.252 e. The molecule has 76 valence electrons. The van der Waals surface area contributed by atoms with Gasteiger partial charge in [-0.15, -0.1) is 11.6 Å². The van der Waals surface area contributed by atoms with Gasteiger partial charge < -0.3 is 0 Å². The lowest BCUT2D eigenvalue weighted by molar-refractivity contribution is 1.07. The van der Waals surface area contributed by atoms with Crippen molar-refractivity contribution < 1.29 is 0 Å². The van der Waals surface area contributed by atoms with Gasteiger partial charge in [-0.3, -0.25) is 4.98 Å². The van der Waals surface area contributed by atoms with Gasteiger partial charge in [-0.2, -0.15) is 0 Å². The van der Waals surface area contributed by atoms with Gasteiger partial charge in [-0.05, 0) is 34.1 Å². The highest BCUT2D eigenvalue weighted by Gasteiger charge is 2.03. The van der Waals surface area contributed by atoms with Crippen molar-refractivity contribution in [3.8, 4) is 11.5 Å². The average Bonchev–Trinajstić information content (AvgIpc) is 2.30. The molecule has 0 aromatic carbocycles. The summed E-state index contributed by atoms with van der Waals surface area (Å²) in [6.07, 6.45) is 3.40. The molecule has 0 N–H and O–H groups in total. The van der Waals surface area contributed by atoms with E-state index in [4.69, 9.17) is 11.6 Å². The summed E-state index contributed by atoms with van der Waals surface area (Å²) in [5, 5.41) is 0. The van der Waals surface area contributed by atoms with Crippen LogP contribution in [-0.2, 0) is 5.88 Å². The predicted molar refractivity (Wildman–Crippen MR) is 62.5 cm³/mol. The predicted octanol–water partition coefficient (Wildman–Crippen LogP) is 3.04. The number of alkyl halides is 1. The minimum atomic E-state index is 0.381. The zero-order valence-corrected chi connectivity index (χ0v) is 10.0. The highest BCUT2D eigenvalue weighted by Crippen LogP contribution is 2.15. The van der Waals surface area contributed by atoms with E-state index in [0.717, 1.165) is 15.9 Å². The van der Waals surface area contributed by atoms with Crippen LogP contribution in [0.4, 0.5) is 0 Å². The summed E-state index contributed by atoms with van der Waals surface area (Å²) in [4.78, 5) is 12.6. The van der Waals surface area contributed by atoms with E-state index in [-0.39, 0.29) is 0 Å². The molecule has 0 aliphatic carbocycles. The van der Waals surface area contributed by atoms with Crippen molar-refractivity contribution in [3.63, 3.8) is 0 Å². The fraction of sp³-hybridized carbons (Fsp3) is 0.100. The SMILES string of the molecule is ClCc1ccnc(-c2ccc(Br)cn2)n1. The Balaban J connectivity index is 2.40. The standard InChI is InChI=1S/C10H7BrClN3/c11-7-1-2-9(14-6-7)10-13-4-3-8(5-12)15-10/h1-4,6H,5H2. The molecule has 0 spiro atoms. The largest absolute Gasteiger partial charge is 0.252 e. The third-order valence-electron chi connectivity index (χ3n) is 1.81. The van der Waals surface area contributed by atoms with Gasteiger partial charge in [-0.1, -0.05) is 0 Å². The summed E-state index contributed by atoms with van der Waals surface area (Å²) < 4.78 is 0.930. The van der Waals surface area contributed by atoms with E-state index in [9.17, 15) is 0 Å². The molecule has 0 unspecified atom stereocenters. The zero-order valence-electron chi connectivity index (χ0n) is 7.69. The first-order chi connectivity index (χ1) is 7.29. The summed E-state index contributed by atoms with van der Waals surface area (Å²) in [5.74, 6) is 0.979. The highest BCUT2D eigenvalue weighted by atomic mass is 79.9. The van der Waals surface area contributed by atoms with Crippen molar-refractivity contribution in [2.75, 3.05) is 0 Å². The maximum absolute atomic E-state index is 5.69. The smallest absolute Gasteiger partial charge is 0.178 e. The Bertz CT molecular complexity index is 458. The Labute approximate surface area is 101 Å². The molecule has 0 aliphatic heterocycles. The summed E-state index contributed by atoms with van der Waals surface area (Å²) in [7, 11) is 0. The van der Waals surface area contributed by atoms with Crippen LogP contribution in [0.1, 0.15) is 5.69 Å². The second kappa shape index (κ2) is 4.68. The fourth-order valence-electron chi connectivity index (χ4n) is 1.10. The van der Waals surface area contributed by atoms with Crippen LogP contribution >= 0.6 is 27.5 Å². The molecule has 0 radical (unpaired) electrons. The number of hydrogen-bond acceptors (Lipinski definition) is 3. The molecule has 15 heavy (non-hydrogen) atoms. The second-order valence-electron chi connectivity index (χ2n) is 2.87. The lowest BCUT2D eigenvalue weighted by atomic mass is 10.3. The first-order valence-corrected chi connectivity index (χ1v) is 5.62. The molecule has 0 atom stereocenters. The number of nitrogens with zero attached hydrogens (tertiary/aromatic N) is 3. The van der Waals surface area contributed by atoms with Crippen LogP contribution in [0.2, 0.25) is 0 Å². The topological polar surface area (TPSA) is 38.7 Å². The Morgan fingerprint density at radius 2 is 2.07 bits per heavy atom. The van der Waals surface area contributed by atoms with E-state index in [1.54, 1.807) is 18.5 Å². The number of aromatic nitrogens is 3. The van der Waals surface area contributed by atoms with Gasteiger partial charge in [0.05, 0.1) is 11.6 Å². The highest BCUT2D eigenvalue weighted by molar-refractivity contribution is 9.10. The Hall–Kier alpha value is -1.00. The van der Waals surface area contributed by atoms with Crippen LogP contribution < -0.4 is 0 Å². The molecule has 5 heteroatoms. The Morgan fingerprint density at radius 1 is 1.20 bits per heavy atom. The van der Waals surface area contributed by atoms with Crippen LogP contribution in [0.3, 0.4) is 0 Å². The lowest BCUT2D eigenvalue weighted by Gasteiger charge is -2.00. The molecule has 2 heterocycles. The van der Waals surface area contributed by atoms with Gasteiger partial charge in [0.1, 0.15) is 5.69 Å². The normalized spacial score (nSPS) is 10.3. The van der Waals surface area contributed by atoms with Crippen LogP contribution in [-0.4, -0.2) is 15.0 Å². The first kappa shape index (κ1) is 10.5. The van der Waals surface area contributed by atoms with E-state index >= 15 is 0 Å². The first-order valence-electron chi connectivity index (χ1n) is 4.29. The molecule has 0 aliphatic rings. The van der Waals surface area contributed by atoms with Crippen molar-refractivity contribution in [1.82, 2.24) is 15.0 Å². The summed E-state index contributed by atoms with van der Waals surface area (Å²) >= 11 is 9.02. The van der Waals surface area contributed by atoms with Crippen molar-refractivity contribution >= 4 is 27.5 Å². The third kappa shape index (κ3) is 2.52. The number of halogens is 2. The van der Waals surface area contributed by atoms with E-state index in [0.29, 0.717) is 11.7 Å². The molecule has 2 aromatic rings. The summed E-state index contributed by atoms with van der Waals surface area (Å²) in [6, 6.07) is 5.55. The van der Waals surface area contributed by atoms with Crippen LogP contribution in [0.15, 0.2) is 35.1 Å². The molecule has 3 nitrogen and oxygen atoms in total. The van der Waals surface area contributed by atoms with E-state index < -0.39 is 0 Å². The molecule has 0 saturated carbocycles. The summed E-state index contributed by atoms with van der Waals surface area (Å²) in [6.45, 7) is 0. The molecule has 0 fully saturated rings. The maximum atomic E-state index is 5.69. The fourth-order valence-corrected chi connectivity index (χ4v) is 1.49. The van der Waals surface area contributed by atoms with E-state index in [1.807, 2.05) is 12.1 Å². The van der Waals surface area contributed by atoms with Crippen molar-refractivity contribution in [2.24, 2.45) is 0 Å². The van der Waals surface area contributed by atoms with E-state index in [1.165, 1.54) is 0 Å². The molecule has 0 bridgehead atoms. The second-order valence-corrected chi connectivity index (χ2v) is 4.05. The molecule has 2 aromatic heterocycles. The van der Waals surface area contributed by atoms with Gasteiger partial charge >= 0.3 is 0 Å². The number of pyridine rings is 1. The Morgan fingerprint density at radius 3 is 2.73 bits per heavy atom. The van der Waals surface area contributed by atoms with Gasteiger partial charge in [0.2, 0.25) is 0 Å². The zero-order chi connectivity index (χ0) is 10.7. The monoisotopic (exact) mass is 283 g/mol. The van der Waals surface area contributed by atoms with Gasteiger partial charge in [0, 0.05) is 16.9 Å². The quantitative estimate of drug-likeness (QED) is 0.796. The minimum absolute atomic E-state index is 0.381. The molecule has 0 saturated heterocycles. The van der Waals surface area contributed by atoms with Crippen molar-refractivity contribution in [2.45, 2.75) is 5.88 Å². The maximum Gasteiger partial charge on any atom is 0.178 e.